The summed E-state index contributed by atoms with van der Waals surface area (Å²) in [5.74, 6) is 0.472. The van der Waals surface area contributed by atoms with Crippen molar-refractivity contribution < 1.29 is 4.74 Å². The summed E-state index contributed by atoms with van der Waals surface area (Å²) in [5, 5.41) is 8.31. The molecule has 0 spiro atoms. The molecule has 0 unspecified atom stereocenters. The molecule has 0 aliphatic carbocycles. The third-order valence-electron chi connectivity index (χ3n) is 3.10. The maximum atomic E-state index is 12.0. The molecule has 0 aliphatic heterocycles. The number of fused-ring (bicyclic) bond motifs is 1. The molecule has 1 heterocycles. The minimum absolute atomic E-state index is 0.254. The first-order valence-electron chi connectivity index (χ1n) is 5.91. The van der Waals surface area contributed by atoms with Gasteiger partial charge in [-0.3, -0.25) is 4.79 Å². The van der Waals surface area contributed by atoms with Gasteiger partial charge in [-0.05, 0) is 16.3 Å². The van der Waals surface area contributed by atoms with E-state index in [2.05, 4.69) is 10.2 Å². The van der Waals surface area contributed by atoms with Gasteiger partial charge in [-0.25, -0.2) is 5.10 Å². The molecule has 94 valence electrons. The molecule has 0 atom stereocenters. The third-order valence-corrected chi connectivity index (χ3v) is 3.10. The van der Waals surface area contributed by atoms with Gasteiger partial charge >= 0.3 is 0 Å². The zero-order valence-electron chi connectivity index (χ0n) is 10.4. The number of H-pyrrole nitrogens is 1. The molecule has 0 saturated heterocycles. The lowest BCUT2D eigenvalue weighted by atomic mass is 9.99. The van der Waals surface area contributed by atoms with Crippen LogP contribution in [-0.4, -0.2) is 17.3 Å². The predicted molar refractivity (Wildman–Crippen MR) is 74.4 cm³/mol. The molecule has 0 radical (unpaired) electrons. The Morgan fingerprint density at radius 3 is 2.74 bits per heavy atom. The van der Waals surface area contributed by atoms with Gasteiger partial charge in [-0.15, -0.1) is 0 Å². The van der Waals surface area contributed by atoms with E-state index in [0.29, 0.717) is 11.3 Å². The van der Waals surface area contributed by atoms with Gasteiger partial charge in [0.1, 0.15) is 0 Å². The first-order chi connectivity index (χ1) is 9.31. The Balaban J connectivity index is 2.40. The summed E-state index contributed by atoms with van der Waals surface area (Å²) >= 11 is 0. The van der Waals surface area contributed by atoms with Crippen LogP contribution in [0.3, 0.4) is 0 Å². The van der Waals surface area contributed by atoms with E-state index in [-0.39, 0.29) is 5.56 Å². The highest BCUT2D eigenvalue weighted by molar-refractivity contribution is 5.97. The van der Waals surface area contributed by atoms with Gasteiger partial charge in [0.05, 0.1) is 18.9 Å². The summed E-state index contributed by atoms with van der Waals surface area (Å²) in [6.45, 7) is 0. The van der Waals surface area contributed by atoms with E-state index >= 15 is 0 Å². The minimum atomic E-state index is -0.254. The fourth-order valence-electron chi connectivity index (χ4n) is 2.24. The lowest BCUT2D eigenvalue weighted by Gasteiger charge is -2.09. The van der Waals surface area contributed by atoms with E-state index in [4.69, 9.17) is 4.74 Å². The molecule has 0 saturated carbocycles. The van der Waals surface area contributed by atoms with Crippen LogP contribution < -0.4 is 10.3 Å². The van der Waals surface area contributed by atoms with Crippen LogP contribution in [0.25, 0.3) is 21.9 Å². The molecule has 4 heteroatoms. The average Bonchev–Trinajstić information content (AvgIpc) is 2.46. The van der Waals surface area contributed by atoms with E-state index in [1.165, 1.54) is 13.3 Å². The van der Waals surface area contributed by atoms with Crippen LogP contribution in [0.15, 0.2) is 53.5 Å². The quantitative estimate of drug-likeness (QED) is 0.762. The highest BCUT2D eigenvalue weighted by Crippen LogP contribution is 2.31. The Labute approximate surface area is 109 Å². The number of rotatable bonds is 2. The molecule has 3 aromatic rings. The lowest BCUT2D eigenvalue weighted by Crippen LogP contribution is -2.12. The van der Waals surface area contributed by atoms with Crippen LogP contribution in [-0.2, 0) is 0 Å². The fourth-order valence-corrected chi connectivity index (χ4v) is 2.24. The van der Waals surface area contributed by atoms with Crippen molar-refractivity contribution in [3.63, 3.8) is 0 Å². The van der Waals surface area contributed by atoms with Crippen molar-refractivity contribution in [2.45, 2.75) is 0 Å². The highest BCUT2D eigenvalue weighted by Gasteiger charge is 2.13. The smallest absolute Gasteiger partial charge is 0.275 e. The van der Waals surface area contributed by atoms with Crippen LogP contribution in [0.5, 0.6) is 5.75 Å². The monoisotopic (exact) mass is 252 g/mol. The van der Waals surface area contributed by atoms with Crippen LogP contribution in [0, 0.1) is 0 Å². The SMILES string of the molecule is COc1cn[nH]c(=O)c1-c1cccc2ccccc12. The van der Waals surface area contributed by atoms with Crippen molar-refractivity contribution >= 4 is 10.8 Å². The number of nitrogens with one attached hydrogen (secondary N) is 1. The molecule has 0 fully saturated rings. The summed E-state index contributed by atoms with van der Waals surface area (Å²) in [4.78, 5) is 12.0. The molecule has 0 aliphatic rings. The van der Waals surface area contributed by atoms with Gasteiger partial charge < -0.3 is 4.74 Å². The Bertz CT molecular complexity index is 788. The summed E-state index contributed by atoms with van der Waals surface area (Å²) in [6.07, 6.45) is 1.51. The second kappa shape index (κ2) is 4.57. The predicted octanol–water partition coefficient (Wildman–Crippen LogP) is 2.60. The Morgan fingerprint density at radius 2 is 1.89 bits per heavy atom. The number of ether oxygens (including phenoxy) is 1. The zero-order valence-corrected chi connectivity index (χ0v) is 10.4. The van der Waals surface area contributed by atoms with Crippen molar-refractivity contribution in [1.82, 2.24) is 10.2 Å². The van der Waals surface area contributed by atoms with Gasteiger partial charge in [0, 0.05) is 0 Å². The fraction of sp³-hybridized carbons (Fsp3) is 0.0667. The zero-order chi connectivity index (χ0) is 13.2. The minimum Gasteiger partial charge on any atom is -0.494 e. The molecule has 2 aromatic carbocycles. The molecule has 1 N–H and O–H groups in total. The number of nitrogens with zero attached hydrogens (tertiary/aromatic N) is 1. The second-order valence-corrected chi connectivity index (χ2v) is 4.17. The molecule has 1 aromatic heterocycles. The summed E-state index contributed by atoms with van der Waals surface area (Å²) < 4.78 is 5.25. The summed E-state index contributed by atoms with van der Waals surface area (Å²) in [7, 11) is 1.53. The van der Waals surface area contributed by atoms with Crippen LogP contribution in [0.2, 0.25) is 0 Å². The van der Waals surface area contributed by atoms with Gasteiger partial charge in [-0.1, -0.05) is 42.5 Å². The largest absolute Gasteiger partial charge is 0.494 e. The standard InChI is InChI=1S/C15H12N2O2/c1-19-13-9-16-17-15(18)14(13)12-8-4-6-10-5-2-3-7-11(10)12/h2-9H,1H3,(H,17,18). The summed E-state index contributed by atoms with van der Waals surface area (Å²) in [5.41, 5.74) is 1.10. The third kappa shape index (κ3) is 1.87. The maximum Gasteiger partial charge on any atom is 0.275 e. The normalized spacial score (nSPS) is 10.6. The lowest BCUT2D eigenvalue weighted by molar-refractivity contribution is 0.412. The van der Waals surface area contributed by atoms with E-state index in [1.807, 2.05) is 42.5 Å². The van der Waals surface area contributed by atoms with Crippen molar-refractivity contribution in [3.05, 3.63) is 59.0 Å². The van der Waals surface area contributed by atoms with Gasteiger partial charge in [-0.2, -0.15) is 5.10 Å². The van der Waals surface area contributed by atoms with Crippen molar-refractivity contribution in [2.75, 3.05) is 7.11 Å². The van der Waals surface area contributed by atoms with Crippen molar-refractivity contribution in [3.8, 4) is 16.9 Å². The number of hydrogen-bond acceptors (Lipinski definition) is 3. The number of aromatic amines is 1. The molecule has 4 nitrogen and oxygen atoms in total. The van der Waals surface area contributed by atoms with Crippen molar-refractivity contribution in [2.24, 2.45) is 0 Å². The molecule has 0 amide bonds. The average molecular weight is 252 g/mol. The van der Waals surface area contributed by atoms with Gasteiger partial charge in [0.25, 0.3) is 5.56 Å². The van der Waals surface area contributed by atoms with E-state index < -0.39 is 0 Å². The van der Waals surface area contributed by atoms with E-state index in [9.17, 15) is 4.79 Å². The van der Waals surface area contributed by atoms with Crippen LogP contribution >= 0.6 is 0 Å². The maximum absolute atomic E-state index is 12.0. The van der Waals surface area contributed by atoms with Gasteiger partial charge in [0.15, 0.2) is 5.75 Å². The topological polar surface area (TPSA) is 55.0 Å². The molecular weight excluding hydrogens is 240 g/mol. The van der Waals surface area contributed by atoms with Crippen LogP contribution in [0.1, 0.15) is 0 Å². The van der Waals surface area contributed by atoms with Crippen LogP contribution in [0.4, 0.5) is 0 Å². The first-order valence-corrected chi connectivity index (χ1v) is 5.91. The summed E-state index contributed by atoms with van der Waals surface area (Å²) in [6, 6.07) is 13.8. The first kappa shape index (κ1) is 11.5. The van der Waals surface area contributed by atoms with Crippen molar-refractivity contribution in [1.29, 1.82) is 0 Å². The van der Waals surface area contributed by atoms with Gasteiger partial charge in [0.2, 0.25) is 0 Å². The highest BCUT2D eigenvalue weighted by atomic mass is 16.5. The number of methoxy groups -OCH3 is 1. The van der Waals surface area contributed by atoms with E-state index in [0.717, 1.165) is 16.3 Å². The number of aromatic nitrogens is 2. The Hall–Kier alpha value is -2.62. The Kier molecular flexibility index (Phi) is 2.76. The number of benzene rings is 2. The molecule has 3 rings (SSSR count). The Morgan fingerprint density at radius 1 is 1.11 bits per heavy atom. The molecular formula is C15H12N2O2. The number of hydrogen-bond donors (Lipinski definition) is 1. The second-order valence-electron chi connectivity index (χ2n) is 4.17. The molecule has 19 heavy (non-hydrogen) atoms. The molecule has 0 bridgehead atoms. The van der Waals surface area contributed by atoms with E-state index in [1.54, 1.807) is 0 Å².